The molecule has 0 aromatic heterocycles. The highest BCUT2D eigenvalue weighted by Gasteiger charge is 2.13. The smallest absolute Gasteiger partial charge is 0.0755 e. The molecule has 0 aliphatic carbocycles. The van der Waals surface area contributed by atoms with Gasteiger partial charge in [-0.2, -0.15) is 0 Å². The Morgan fingerprint density at radius 2 is 2.07 bits per heavy atom. The maximum atomic E-state index is 5.63. The Hall–Kier alpha value is -0.0500. The van der Waals surface area contributed by atoms with E-state index in [1.165, 1.54) is 32.2 Å². The van der Waals surface area contributed by atoms with Crippen LogP contribution < -0.4 is 5.32 Å². The van der Waals surface area contributed by atoms with E-state index in [0.29, 0.717) is 6.10 Å². The van der Waals surface area contributed by atoms with Crippen molar-refractivity contribution in [2.24, 2.45) is 5.92 Å². The van der Waals surface area contributed by atoms with E-state index in [-0.39, 0.29) is 12.4 Å². The summed E-state index contributed by atoms with van der Waals surface area (Å²) in [5, 5.41) is 3.37. The largest absolute Gasteiger partial charge is 0.374 e. The summed E-state index contributed by atoms with van der Waals surface area (Å²) in [6.07, 6.45) is 10.1. The third-order valence-corrected chi connectivity index (χ3v) is 2.91. The Labute approximate surface area is 92.5 Å². The van der Waals surface area contributed by atoms with Crippen LogP contribution in [0, 0.1) is 5.92 Å². The van der Waals surface area contributed by atoms with Gasteiger partial charge in [0.25, 0.3) is 0 Å². The van der Waals surface area contributed by atoms with Gasteiger partial charge in [0, 0.05) is 13.2 Å². The molecule has 2 fully saturated rings. The van der Waals surface area contributed by atoms with E-state index in [4.69, 9.17) is 4.74 Å². The topological polar surface area (TPSA) is 21.3 Å². The molecule has 0 spiro atoms. The molecule has 0 saturated carbocycles. The molecule has 2 rings (SSSR count). The molecule has 2 nitrogen and oxygen atoms in total. The predicted molar refractivity (Wildman–Crippen MR) is 61.0 cm³/mol. The van der Waals surface area contributed by atoms with Crippen molar-refractivity contribution in [3.8, 4) is 0 Å². The van der Waals surface area contributed by atoms with Crippen LogP contribution in [-0.4, -0.2) is 25.8 Å². The lowest BCUT2D eigenvalue weighted by Crippen LogP contribution is -2.16. The van der Waals surface area contributed by atoms with Crippen molar-refractivity contribution in [1.82, 2.24) is 5.32 Å². The summed E-state index contributed by atoms with van der Waals surface area (Å²) in [4.78, 5) is 0. The molecule has 2 aliphatic heterocycles. The fourth-order valence-electron chi connectivity index (χ4n) is 2.04. The van der Waals surface area contributed by atoms with Crippen molar-refractivity contribution in [3.63, 3.8) is 0 Å². The molecule has 0 radical (unpaired) electrons. The summed E-state index contributed by atoms with van der Waals surface area (Å²) in [7, 11) is 0. The standard InChI is InChI=1S/C11H19NO.ClH/c1-2-8-13-11(3-1)5-4-10-6-7-12-9-10;/h4-5,10-12H,1-3,6-9H2;1H/b5-4+;. The van der Waals surface area contributed by atoms with Gasteiger partial charge in [-0.15, -0.1) is 12.4 Å². The Kier molecular flexibility index (Phi) is 5.53. The van der Waals surface area contributed by atoms with Gasteiger partial charge in [0.15, 0.2) is 0 Å². The molecule has 2 heterocycles. The van der Waals surface area contributed by atoms with Crippen LogP contribution in [0.3, 0.4) is 0 Å². The fourth-order valence-corrected chi connectivity index (χ4v) is 2.04. The van der Waals surface area contributed by atoms with E-state index >= 15 is 0 Å². The van der Waals surface area contributed by atoms with Crippen molar-refractivity contribution >= 4 is 12.4 Å². The van der Waals surface area contributed by atoms with Gasteiger partial charge in [-0.3, -0.25) is 0 Å². The molecular weight excluding hydrogens is 198 g/mol. The van der Waals surface area contributed by atoms with Gasteiger partial charge in [-0.05, 0) is 38.1 Å². The van der Waals surface area contributed by atoms with E-state index in [1.807, 2.05) is 0 Å². The molecule has 0 aromatic carbocycles. The van der Waals surface area contributed by atoms with Crippen LogP contribution in [-0.2, 0) is 4.74 Å². The first-order chi connectivity index (χ1) is 6.45. The van der Waals surface area contributed by atoms with Gasteiger partial charge in [0.2, 0.25) is 0 Å². The van der Waals surface area contributed by atoms with Crippen LogP contribution in [0.15, 0.2) is 12.2 Å². The maximum Gasteiger partial charge on any atom is 0.0755 e. The minimum atomic E-state index is 0. The lowest BCUT2D eigenvalue weighted by atomic mass is 10.0. The Morgan fingerprint density at radius 3 is 2.71 bits per heavy atom. The van der Waals surface area contributed by atoms with E-state index in [9.17, 15) is 0 Å². The van der Waals surface area contributed by atoms with Crippen LogP contribution in [0.2, 0.25) is 0 Å². The number of hydrogen-bond acceptors (Lipinski definition) is 2. The highest BCUT2D eigenvalue weighted by molar-refractivity contribution is 5.85. The quantitative estimate of drug-likeness (QED) is 0.716. The maximum absolute atomic E-state index is 5.63. The normalized spacial score (nSPS) is 33.1. The average Bonchev–Trinajstić information content (AvgIpc) is 2.69. The Bertz CT molecular complexity index is 172. The van der Waals surface area contributed by atoms with Crippen LogP contribution >= 0.6 is 12.4 Å². The van der Waals surface area contributed by atoms with Crippen LogP contribution in [0.5, 0.6) is 0 Å². The first kappa shape index (κ1) is 12.0. The molecular formula is C11H20ClNO. The summed E-state index contributed by atoms with van der Waals surface area (Å²) in [6.45, 7) is 3.29. The molecule has 82 valence electrons. The predicted octanol–water partition coefficient (Wildman–Crippen LogP) is 2.14. The Balaban J connectivity index is 0.000000980. The van der Waals surface area contributed by atoms with E-state index in [0.717, 1.165) is 19.1 Å². The van der Waals surface area contributed by atoms with Crippen molar-refractivity contribution in [1.29, 1.82) is 0 Å². The summed E-state index contributed by atoms with van der Waals surface area (Å²) in [6, 6.07) is 0. The molecule has 14 heavy (non-hydrogen) atoms. The molecule has 2 saturated heterocycles. The number of hydrogen-bond donors (Lipinski definition) is 1. The van der Waals surface area contributed by atoms with Crippen LogP contribution in [0.25, 0.3) is 0 Å². The summed E-state index contributed by atoms with van der Waals surface area (Å²) in [5.41, 5.74) is 0. The van der Waals surface area contributed by atoms with E-state index in [2.05, 4.69) is 17.5 Å². The van der Waals surface area contributed by atoms with Gasteiger partial charge < -0.3 is 10.1 Å². The lowest BCUT2D eigenvalue weighted by molar-refractivity contribution is 0.0463. The molecule has 3 heteroatoms. The number of nitrogens with one attached hydrogen (secondary N) is 1. The summed E-state index contributed by atoms with van der Waals surface area (Å²) >= 11 is 0. The summed E-state index contributed by atoms with van der Waals surface area (Å²) < 4.78 is 5.63. The first-order valence-electron chi connectivity index (χ1n) is 5.46. The van der Waals surface area contributed by atoms with Gasteiger partial charge in [0.05, 0.1) is 6.10 Å². The summed E-state index contributed by atoms with van der Waals surface area (Å²) in [5.74, 6) is 0.755. The second kappa shape index (κ2) is 6.44. The zero-order valence-electron chi connectivity index (χ0n) is 8.58. The van der Waals surface area contributed by atoms with E-state index in [1.54, 1.807) is 0 Å². The molecule has 0 amide bonds. The third kappa shape index (κ3) is 3.60. The van der Waals surface area contributed by atoms with Crippen molar-refractivity contribution in [2.75, 3.05) is 19.7 Å². The van der Waals surface area contributed by atoms with Crippen molar-refractivity contribution in [2.45, 2.75) is 31.8 Å². The molecule has 2 aliphatic rings. The third-order valence-electron chi connectivity index (χ3n) is 2.91. The zero-order chi connectivity index (χ0) is 8.93. The second-order valence-corrected chi connectivity index (χ2v) is 4.04. The monoisotopic (exact) mass is 217 g/mol. The van der Waals surface area contributed by atoms with Crippen molar-refractivity contribution < 1.29 is 4.74 Å². The average molecular weight is 218 g/mol. The minimum absolute atomic E-state index is 0. The molecule has 2 atom stereocenters. The minimum Gasteiger partial charge on any atom is -0.374 e. The molecule has 1 N–H and O–H groups in total. The first-order valence-corrected chi connectivity index (χ1v) is 5.46. The van der Waals surface area contributed by atoms with E-state index < -0.39 is 0 Å². The second-order valence-electron chi connectivity index (χ2n) is 4.04. The number of ether oxygens (including phenoxy) is 1. The van der Waals surface area contributed by atoms with Gasteiger partial charge >= 0.3 is 0 Å². The highest BCUT2D eigenvalue weighted by atomic mass is 35.5. The SMILES string of the molecule is C(=C\C1CCCCO1)/C1CCNC1.Cl. The fraction of sp³-hybridized carbons (Fsp3) is 0.818. The van der Waals surface area contributed by atoms with Crippen molar-refractivity contribution in [3.05, 3.63) is 12.2 Å². The van der Waals surface area contributed by atoms with Gasteiger partial charge in [-0.25, -0.2) is 0 Å². The molecule has 0 aromatic rings. The van der Waals surface area contributed by atoms with Gasteiger partial charge in [-0.1, -0.05) is 12.2 Å². The van der Waals surface area contributed by atoms with Gasteiger partial charge in [0.1, 0.15) is 0 Å². The number of rotatable bonds is 2. The number of halogens is 1. The van der Waals surface area contributed by atoms with Crippen LogP contribution in [0.4, 0.5) is 0 Å². The Morgan fingerprint density at radius 1 is 1.14 bits per heavy atom. The van der Waals surface area contributed by atoms with Crippen LogP contribution in [0.1, 0.15) is 25.7 Å². The highest BCUT2D eigenvalue weighted by Crippen LogP contribution is 2.16. The lowest BCUT2D eigenvalue weighted by Gasteiger charge is -2.19. The molecule has 0 bridgehead atoms. The molecule has 2 unspecified atom stereocenters. The zero-order valence-corrected chi connectivity index (χ0v) is 9.39.